The summed E-state index contributed by atoms with van der Waals surface area (Å²) in [7, 11) is 0. The van der Waals surface area contributed by atoms with Crippen LogP contribution < -0.4 is 4.74 Å². The Kier molecular flexibility index (Phi) is 4.62. The number of hydrogen-bond donors (Lipinski definition) is 0. The van der Waals surface area contributed by atoms with Gasteiger partial charge in [-0.2, -0.15) is 0 Å². The molecule has 0 radical (unpaired) electrons. The maximum absolute atomic E-state index is 12.3. The third kappa shape index (κ3) is 3.25. The number of para-hydroxylation sites is 1. The number of amides is 1. The predicted molar refractivity (Wildman–Crippen MR) is 71.6 cm³/mol. The highest BCUT2D eigenvalue weighted by Crippen LogP contribution is 2.16. The molecule has 1 amide bonds. The zero-order valence-corrected chi connectivity index (χ0v) is 11.0. The summed E-state index contributed by atoms with van der Waals surface area (Å²) < 4.78 is 5.79. The van der Waals surface area contributed by atoms with E-state index in [0.717, 1.165) is 31.7 Å². The van der Waals surface area contributed by atoms with E-state index in [-0.39, 0.29) is 12.0 Å². The minimum Gasteiger partial charge on any atom is -0.481 e. The molecule has 1 atom stereocenters. The second kappa shape index (κ2) is 6.43. The van der Waals surface area contributed by atoms with Crippen LogP contribution in [-0.2, 0) is 4.79 Å². The van der Waals surface area contributed by atoms with Crippen molar-refractivity contribution in [3.63, 3.8) is 0 Å². The van der Waals surface area contributed by atoms with Crippen LogP contribution in [0.25, 0.3) is 0 Å². The quantitative estimate of drug-likeness (QED) is 0.818. The van der Waals surface area contributed by atoms with Gasteiger partial charge in [-0.1, -0.05) is 25.1 Å². The predicted octanol–water partition coefficient (Wildman–Crippen LogP) is 2.86. The summed E-state index contributed by atoms with van der Waals surface area (Å²) in [6.07, 6.45) is 3.84. The van der Waals surface area contributed by atoms with E-state index in [9.17, 15) is 4.79 Å². The highest BCUT2D eigenvalue weighted by Gasteiger charge is 2.25. The third-order valence-electron chi connectivity index (χ3n) is 3.34. The topological polar surface area (TPSA) is 29.5 Å². The molecule has 0 aliphatic carbocycles. The van der Waals surface area contributed by atoms with Gasteiger partial charge in [0.2, 0.25) is 0 Å². The SMILES string of the molecule is CCC(Oc1ccccc1)C(=O)N1CCCCC1. The second-order valence-corrected chi connectivity index (χ2v) is 4.71. The largest absolute Gasteiger partial charge is 0.481 e. The lowest BCUT2D eigenvalue weighted by atomic mass is 10.1. The second-order valence-electron chi connectivity index (χ2n) is 4.71. The Hall–Kier alpha value is -1.51. The summed E-state index contributed by atoms with van der Waals surface area (Å²) >= 11 is 0. The Morgan fingerprint density at radius 3 is 2.50 bits per heavy atom. The molecule has 1 aromatic rings. The Morgan fingerprint density at radius 1 is 1.22 bits per heavy atom. The Morgan fingerprint density at radius 2 is 1.89 bits per heavy atom. The van der Waals surface area contributed by atoms with Crippen molar-refractivity contribution in [2.75, 3.05) is 13.1 Å². The van der Waals surface area contributed by atoms with Crippen molar-refractivity contribution in [2.24, 2.45) is 0 Å². The maximum atomic E-state index is 12.3. The number of ether oxygens (including phenoxy) is 1. The van der Waals surface area contributed by atoms with E-state index in [0.29, 0.717) is 6.42 Å². The van der Waals surface area contributed by atoms with Crippen molar-refractivity contribution < 1.29 is 9.53 Å². The van der Waals surface area contributed by atoms with Crippen molar-refractivity contribution in [1.29, 1.82) is 0 Å². The van der Waals surface area contributed by atoms with Gasteiger partial charge in [0.25, 0.3) is 5.91 Å². The monoisotopic (exact) mass is 247 g/mol. The molecule has 1 aliphatic heterocycles. The van der Waals surface area contributed by atoms with E-state index < -0.39 is 0 Å². The highest BCUT2D eigenvalue weighted by molar-refractivity contribution is 5.81. The molecular formula is C15H21NO2. The lowest BCUT2D eigenvalue weighted by Gasteiger charge is -2.30. The first-order chi connectivity index (χ1) is 8.81. The van der Waals surface area contributed by atoms with Crippen LogP contribution >= 0.6 is 0 Å². The van der Waals surface area contributed by atoms with Crippen molar-refractivity contribution in [2.45, 2.75) is 38.7 Å². The van der Waals surface area contributed by atoms with Crippen molar-refractivity contribution in [1.82, 2.24) is 4.90 Å². The number of carbonyl (C=O) groups is 1. The number of nitrogens with zero attached hydrogens (tertiary/aromatic N) is 1. The summed E-state index contributed by atoms with van der Waals surface area (Å²) in [5.74, 6) is 0.913. The minimum atomic E-state index is -0.342. The molecule has 3 nitrogen and oxygen atoms in total. The number of carbonyl (C=O) groups excluding carboxylic acids is 1. The number of hydrogen-bond acceptors (Lipinski definition) is 2. The summed E-state index contributed by atoms with van der Waals surface area (Å²) in [6, 6.07) is 9.58. The van der Waals surface area contributed by atoms with Gasteiger partial charge >= 0.3 is 0 Å². The van der Waals surface area contributed by atoms with Gasteiger partial charge in [-0.3, -0.25) is 4.79 Å². The van der Waals surface area contributed by atoms with Gasteiger partial charge in [0.1, 0.15) is 5.75 Å². The molecule has 1 aromatic carbocycles. The molecule has 0 spiro atoms. The molecule has 0 aromatic heterocycles. The first kappa shape index (κ1) is 12.9. The van der Waals surface area contributed by atoms with E-state index in [1.54, 1.807) is 0 Å². The fourth-order valence-electron chi connectivity index (χ4n) is 2.29. The summed E-state index contributed by atoms with van der Waals surface area (Å²) in [5.41, 5.74) is 0. The van der Waals surface area contributed by atoms with Crippen molar-refractivity contribution in [3.05, 3.63) is 30.3 Å². The summed E-state index contributed by atoms with van der Waals surface area (Å²) in [4.78, 5) is 14.3. The summed E-state index contributed by atoms with van der Waals surface area (Å²) in [6.45, 7) is 3.76. The number of likely N-dealkylation sites (tertiary alicyclic amines) is 1. The molecule has 0 bridgehead atoms. The standard InChI is InChI=1S/C15H21NO2/c1-2-14(18-13-9-5-3-6-10-13)15(17)16-11-7-4-8-12-16/h3,5-6,9-10,14H,2,4,7-8,11-12H2,1H3. The van der Waals surface area contributed by atoms with E-state index in [2.05, 4.69) is 0 Å². The fourth-order valence-corrected chi connectivity index (χ4v) is 2.29. The molecule has 18 heavy (non-hydrogen) atoms. The molecule has 1 fully saturated rings. The van der Waals surface area contributed by atoms with Crippen molar-refractivity contribution >= 4 is 5.91 Å². The molecular weight excluding hydrogens is 226 g/mol. The van der Waals surface area contributed by atoms with Gasteiger partial charge in [-0.05, 0) is 37.8 Å². The van der Waals surface area contributed by atoms with Crippen LogP contribution in [0.5, 0.6) is 5.75 Å². The van der Waals surface area contributed by atoms with Gasteiger partial charge in [-0.25, -0.2) is 0 Å². The average molecular weight is 247 g/mol. The molecule has 1 saturated heterocycles. The normalized spacial score (nSPS) is 17.3. The molecule has 3 heteroatoms. The maximum Gasteiger partial charge on any atom is 0.263 e. The van der Waals surface area contributed by atoms with Gasteiger partial charge < -0.3 is 9.64 Å². The van der Waals surface area contributed by atoms with E-state index in [1.807, 2.05) is 42.2 Å². The van der Waals surface area contributed by atoms with Gasteiger partial charge in [-0.15, -0.1) is 0 Å². The average Bonchev–Trinajstić information content (AvgIpc) is 2.46. The van der Waals surface area contributed by atoms with Gasteiger partial charge in [0, 0.05) is 13.1 Å². The van der Waals surface area contributed by atoms with Crippen LogP contribution in [0.4, 0.5) is 0 Å². The Balaban J connectivity index is 1.97. The molecule has 0 saturated carbocycles. The van der Waals surface area contributed by atoms with Crippen LogP contribution in [0.3, 0.4) is 0 Å². The highest BCUT2D eigenvalue weighted by atomic mass is 16.5. The van der Waals surface area contributed by atoms with Crippen LogP contribution in [0.2, 0.25) is 0 Å². The molecule has 1 unspecified atom stereocenters. The Labute approximate surface area is 109 Å². The molecule has 2 rings (SSSR count). The van der Waals surface area contributed by atoms with Crippen molar-refractivity contribution in [3.8, 4) is 5.75 Å². The van der Waals surface area contributed by atoms with Gasteiger partial charge in [0.05, 0.1) is 0 Å². The third-order valence-corrected chi connectivity index (χ3v) is 3.34. The van der Waals surface area contributed by atoms with Crippen LogP contribution in [0, 0.1) is 0 Å². The number of rotatable bonds is 4. The Bertz CT molecular complexity index is 371. The molecule has 1 heterocycles. The van der Waals surface area contributed by atoms with Crippen LogP contribution in [0.15, 0.2) is 30.3 Å². The van der Waals surface area contributed by atoms with Crippen LogP contribution in [-0.4, -0.2) is 30.0 Å². The molecule has 0 N–H and O–H groups in total. The molecule has 1 aliphatic rings. The first-order valence-electron chi connectivity index (χ1n) is 6.81. The zero-order valence-electron chi connectivity index (χ0n) is 11.0. The molecule has 98 valence electrons. The lowest BCUT2D eigenvalue weighted by molar-refractivity contribution is -0.139. The lowest BCUT2D eigenvalue weighted by Crippen LogP contribution is -2.44. The minimum absolute atomic E-state index is 0.140. The number of piperidine rings is 1. The first-order valence-corrected chi connectivity index (χ1v) is 6.81. The van der Waals surface area contributed by atoms with E-state index in [1.165, 1.54) is 6.42 Å². The van der Waals surface area contributed by atoms with Crippen LogP contribution in [0.1, 0.15) is 32.6 Å². The fraction of sp³-hybridized carbons (Fsp3) is 0.533. The van der Waals surface area contributed by atoms with E-state index >= 15 is 0 Å². The zero-order chi connectivity index (χ0) is 12.8. The van der Waals surface area contributed by atoms with E-state index in [4.69, 9.17) is 4.74 Å². The van der Waals surface area contributed by atoms with Gasteiger partial charge in [0.15, 0.2) is 6.10 Å². The summed E-state index contributed by atoms with van der Waals surface area (Å²) in [5, 5.41) is 0. The smallest absolute Gasteiger partial charge is 0.263 e. The number of benzene rings is 1.